The summed E-state index contributed by atoms with van der Waals surface area (Å²) in [6.45, 7) is 12.6. The average molecular weight is 975 g/mol. The molecule has 0 saturated carbocycles. The van der Waals surface area contributed by atoms with Gasteiger partial charge in [0.15, 0.2) is 0 Å². The molecule has 0 aliphatic carbocycles. The lowest BCUT2D eigenvalue weighted by Crippen LogP contribution is -2.14. The molecule has 0 aromatic heterocycles. The molecular weight excluding hydrogens is 889 g/mol. The van der Waals surface area contributed by atoms with Crippen LogP contribution in [0.1, 0.15) is 278 Å². The van der Waals surface area contributed by atoms with Gasteiger partial charge in [-0.25, -0.2) is 28.8 Å². The van der Waals surface area contributed by atoms with E-state index >= 15 is 0 Å². The quantitative estimate of drug-likeness (QED) is 0.0308. The van der Waals surface area contributed by atoms with Crippen molar-refractivity contribution in [3.63, 3.8) is 0 Å². The molecule has 12 nitrogen and oxygen atoms in total. The highest BCUT2D eigenvalue weighted by Crippen LogP contribution is 2.27. The molecule has 0 aliphatic rings. The molecule has 0 aliphatic heterocycles. The fourth-order valence-corrected chi connectivity index (χ4v) is 8.87. The third kappa shape index (κ3) is 22.1. The van der Waals surface area contributed by atoms with E-state index in [1.54, 1.807) is 12.1 Å². The summed E-state index contributed by atoms with van der Waals surface area (Å²) in [5, 5.41) is 56.3. The molecule has 0 amide bonds. The van der Waals surface area contributed by atoms with Crippen LogP contribution in [0.15, 0.2) is 36.4 Å². The third-order valence-electron chi connectivity index (χ3n) is 12.8. The molecule has 0 atom stereocenters. The molecule has 3 aromatic carbocycles. The van der Waals surface area contributed by atoms with Gasteiger partial charge in [-0.15, -0.1) is 0 Å². The number of aromatic carboxylic acids is 6. The summed E-state index contributed by atoms with van der Waals surface area (Å²) in [4.78, 5) is 68.9. The van der Waals surface area contributed by atoms with Gasteiger partial charge in [0.05, 0.1) is 33.4 Å². The summed E-state index contributed by atoms with van der Waals surface area (Å²) in [5.41, 5.74) is 4.79. The van der Waals surface area contributed by atoms with E-state index in [1.807, 2.05) is 19.9 Å². The van der Waals surface area contributed by atoms with Crippen molar-refractivity contribution in [3.05, 3.63) is 103 Å². The Morgan fingerprint density at radius 3 is 0.743 bits per heavy atom. The molecule has 0 bridgehead atoms. The van der Waals surface area contributed by atoms with Crippen LogP contribution in [0.5, 0.6) is 0 Å². The van der Waals surface area contributed by atoms with E-state index in [4.69, 9.17) is 10.2 Å². The lowest BCUT2D eigenvalue weighted by atomic mass is 9.89. The summed E-state index contributed by atoms with van der Waals surface area (Å²) in [7, 11) is 0. The van der Waals surface area contributed by atoms with Gasteiger partial charge in [0.25, 0.3) is 0 Å². The van der Waals surface area contributed by atoms with E-state index in [-0.39, 0.29) is 33.4 Å². The van der Waals surface area contributed by atoms with E-state index in [0.29, 0.717) is 30.4 Å². The number of carboxylic acid groups (broad SMARTS) is 6. The Balaban J connectivity index is 0.000000542. The lowest BCUT2D eigenvalue weighted by Gasteiger charge is -2.15. The minimum Gasteiger partial charge on any atom is -0.478 e. The van der Waals surface area contributed by atoms with Gasteiger partial charge < -0.3 is 30.6 Å². The second-order valence-corrected chi connectivity index (χ2v) is 18.4. The largest absolute Gasteiger partial charge is 0.478 e. The molecule has 390 valence electrons. The molecule has 3 rings (SSSR count). The van der Waals surface area contributed by atoms with Crippen molar-refractivity contribution in [3.8, 4) is 0 Å². The highest BCUT2D eigenvalue weighted by molar-refractivity contribution is 6.04. The van der Waals surface area contributed by atoms with Crippen molar-refractivity contribution in [1.82, 2.24) is 0 Å². The maximum atomic E-state index is 11.9. The van der Waals surface area contributed by atoms with Crippen LogP contribution in [0.2, 0.25) is 0 Å². The zero-order chi connectivity index (χ0) is 52.4. The lowest BCUT2D eigenvalue weighted by molar-refractivity contribution is 0.0650. The molecule has 0 spiro atoms. The molecule has 12 heteroatoms. The van der Waals surface area contributed by atoms with Gasteiger partial charge in [-0.1, -0.05) is 162 Å². The zero-order valence-electron chi connectivity index (χ0n) is 43.4. The second-order valence-electron chi connectivity index (χ2n) is 18.4. The van der Waals surface area contributed by atoms with E-state index in [2.05, 4.69) is 27.7 Å². The first-order valence-electron chi connectivity index (χ1n) is 26.4. The van der Waals surface area contributed by atoms with E-state index < -0.39 is 35.8 Å². The van der Waals surface area contributed by atoms with Crippen molar-refractivity contribution in [1.29, 1.82) is 0 Å². The summed E-state index contributed by atoms with van der Waals surface area (Å²) in [5.74, 6) is -6.93. The predicted molar refractivity (Wildman–Crippen MR) is 279 cm³/mol. The fourth-order valence-electron chi connectivity index (χ4n) is 8.87. The van der Waals surface area contributed by atoms with Crippen molar-refractivity contribution in [2.24, 2.45) is 0 Å². The Bertz CT molecular complexity index is 1990. The fraction of sp³-hybridized carbons (Fsp3) is 0.586. The number of benzene rings is 3. The third-order valence-corrected chi connectivity index (χ3v) is 12.8. The zero-order valence-corrected chi connectivity index (χ0v) is 43.4. The molecule has 0 saturated heterocycles. The number of carboxylic acids is 6. The first-order chi connectivity index (χ1) is 33.6. The minimum atomic E-state index is -1.18. The van der Waals surface area contributed by atoms with Gasteiger partial charge in [0.1, 0.15) is 0 Å². The molecule has 0 heterocycles. The van der Waals surface area contributed by atoms with Crippen molar-refractivity contribution in [2.75, 3.05) is 0 Å². The summed E-state index contributed by atoms with van der Waals surface area (Å²) >= 11 is 0. The number of hydrogen-bond acceptors (Lipinski definition) is 6. The van der Waals surface area contributed by atoms with Crippen LogP contribution in [0, 0.1) is 0 Å². The van der Waals surface area contributed by atoms with Gasteiger partial charge in [0.2, 0.25) is 0 Å². The van der Waals surface area contributed by atoms with Gasteiger partial charge in [0, 0.05) is 0 Å². The average Bonchev–Trinajstić information content (AvgIpc) is 3.32. The Kier molecular flexibility index (Phi) is 32.5. The van der Waals surface area contributed by atoms with Crippen molar-refractivity contribution < 1.29 is 59.4 Å². The van der Waals surface area contributed by atoms with E-state index in [1.165, 1.54) is 76.0 Å². The minimum absolute atomic E-state index is 0.00827. The van der Waals surface area contributed by atoms with Gasteiger partial charge in [-0.05, 0) is 129 Å². The van der Waals surface area contributed by atoms with Crippen LogP contribution in [-0.4, -0.2) is 66.5 Å². The highest BCUT2D eigenvalue weighted by atomic mass is 16.4. The number of rotatable bonds is 34. The molecule has 6 N–H and O–H groups in total. The Hall–Kier alpha value is -5.52. The summed E-state index contributed by atoms with van der Waals surface area (Å²) in [6.07, 6.45) is 28.6. The maximum Gasteiger partial charge on any atom is 0.336 e. The van der Waals surface area contributed by atoms with Crippen molar-refractivity contribution >= 4 is 35.8 Å². The first kappa shape index (κ1) is 62.5. The van der Waals surface area contributed by atoms with Gasteiger partial charge >= 0.3 is 35.8 Å². The molecule has 0 radical (unpaired) electrons. The first-order valence-corrected chi connectivity index (χ1v) is 26.4. The van der Waals surface area contributed by atoms with Crippen LogP contribution < -0.4 is 0 Å². The van der Waals surface area contributed by atoms with E-state index in [9.17, 15) is 49.2 Å². The molecule has 0 unspecified atom stereocenters. The molecule has 0 fully saturated rings. The Morgan fingerprint density at radius 2 is 0.486 bits per heavy atom. The number of carbonyl (C=O) groups is 6. The topological polar surface area (TPSA) is 224 Å². The van der Waals surface area contributed by atoms with E-state index in [0.717, 1.165) is 125 Å². The smallest absolute Gasteiger partial charge is 0.336 e. The SMILES string of the molecule is CCCCCCCCCc1ccc(C(=O)O)c(C(=O)O)c1CCCCCCCCC.CCCCc1ccc(C(=O)O)c(C(=O)O)c1CCCC.CCCCc1ccc(C(=O)O)c(C(=O)O)c1CCCC. The summed E-state index contributed by atoms with van der Waals surface area (Å²) < 4.78 is 0. The normalized spacial score (nSPS) is 10.7. The van der Waals surface area contributed by atoms with Gasteiger partial charge in [-0.2, -0.15) is 0 Å². The Morgan fingerprint density at radius 1 is 0.271 bits per heavy atom. The Labute approximate surface area is 418 Å². The summed E-state index contributed by atoms with van der Waals surface area (Å²) in [6, 6.07) is 9.73. The standard InChI is InChI=1S/C26H42O4.2C16H22O4/c1-3-5-7-9-11-13-15-17-21-19-20-23(25(27)28)24(26(29)30)22(21)18-16-14-12-10-8-6-4-2;2*1-3-5-7-11-9-10-13(15(17)18)14(16(19)20)12(11)8-6-4-2/h19-20H,3-18H2,1-2H3,(H,27,28)(H,29,30);2*9-10H,3-8H2,1-2H3,(H,17,18)(H,19,20). The molecular formula is C58H86O12. The maximum absolute atomic E-state index is 11.9. The van der Waals surface area contributed by atoms with Crippen LogP contribution >= 0.6 is 0 Å². The number of unbranched alkanes of at least 4 members (excludes halogenated alkanes) is 16. The van der Waals surface area contributed by atoms with Crippen LogP contribution in [0.25, 0.3) is 0 Å². The van der Waals surface area contributed by atoms with Crippen LogP contribution in [0.3, 0.4) is 0 Å². The predicted octanol–water partition coefficient (Wildman–Crippen LogP) is 15.2. The highest BCUT2D eigenvalue weighted by Gasteiger charge is 2.25. The molecule has 70 heavy (non-hydrogen) atoms. The number of hydrogen-bond donors (Lipinski definition) is 6. The van der Waals surface area contributed by atoms with Crippen LogP contribution in [-0.2, 0) is 38.5 Å². The van der Waals surface area contributed by atoms with Gasteiger partial charge in [-0.3, -0.25) is 0 Å². The van der Waals surface area contributed by atoms with Crippen molar-refractivity contribution in [2.45, 2.75) is 221 Å². The molecule has 3 aromatic rings. The number of aryl methyl sites for hydroxylation is 3. The second kappa shape index (κ2) is 36.4. The monoisotopic (exact) mass is 975 g/mol. The van der Waals surface area contributed by atoms with Crippen LogP contribution in [0.4, 0.5) is 0 Å².